The Hall–Kier alpha value is -0.590. The van der Waals surface area contributed by atoms with Crippen molar-refractivity contribution in [2.75, 3.05) is 12.3 Å². The van der Waals surface area contributed by atoms with Crippen molar-refractivity contribution in [1.29, 1.82) is 0 Å². The minimum absolute atomic E-state index is 0.218. The fraction of sp³-hybridized carbons (Fsp3) is 0.692. The highest BCUT2D eigenvalue weighted by Crippen LogP contribution is 2.39. The van der Waals surface area contributed by atoms with Gasteiger partial charge in [0.15, 0.2) is 0 Å². The van der Waals surface area contributed by atoms with Gasteiger partial charge in [-0.25, -0.2) is 8.42 Å². The van der Waals surface area contributed by atoms with E-state index in [2.05, 4.69) is 0 Å². The Bertz CT molecular complexity index is 551. The van der Waals surface area contributed by atoms with Crippen LogP contribution in [0.3, 0.4) is 0 Å². The van der Waals surface area contributed by atoms with Crippen molar-refractivity contribution in [2.45, 2.75) is 48.8 Å². The molecule has 2 heterocycles. The van der Waals surface area contributed by atoms with Crippen LogP contribution in [-0.2, 0) is 10.0 Å². The van der Waals surface area contributed by atoms with E-state index in [-0.39, 0.29) is 6.04 Å². The second-order valence-electron chi connectivity index (χ2n) is 5.57. The van der Waals surface area contributed by atoms with Gasteiger partial charge in [-0.1, -0.05) is 12.8 Å². The topological polar surface area (TPSA) is 63.4 Å². The van der Waals surface area contributed by atoms with Crippen LogP contribution in [0.1, 0.15) is 38.5 Å². The molecule has 0 bridgehead atoms. The number of anilines is 1. The highest BCUT2D eigenvalue weighted by atomic mass is 32.2. The van der Waals surface area contributed by atoms with E-state index in [1.807, 2.05) is 0 Å². The number of piperidine rings is 1. The number of nitrogen functional groups attached to an aromatic ring is 1. The third kappa shape index (κ3) is 2.41. The van der Waals surface area contributed by atoms with Crippen molar-refractivity contribution in [3.05, 3.63) is 11.4 Å². The smallest absolute Gasteiger partial charge is 0.252 e. The van der Waals surface area contributed by atoms with E-state index in [9.17, 15) is 8.42 Å². The minimum Gasteiger partial charge on any atom is -0.398 e. The van der Waals surface area contributed by atoms with Gasteiger partial charge in [-0.15, -0.1) is 11.3 Å². The zero-order chi connectivity index (χ0) is 13.5. The first-order chi connectivity index (χ1) is 9.09. The molecule has 2 N–H and O–H groups in total. The summed E-state index contributed by atoms with van der Waals surface area (Å²) in [6.07, 6.45) is 6.78. The van der Waals surface area contributed by atoms with Gasteiger partial charge in [0.2, 0.25) is 0 Å². The average molecular weight is 300 g/mol. The average Bonchev–Trinajstić information content (AvgIpc) is 2.85. The molecular weight excluding hydrogens is 280 g/mol. The normalized spacial score (nSPS) is 29.1. The second-order valence-corrected chi connectivity index (χ2v) is 8.60. The quantitative estimate of drug-likeness (QED) is 0.913. The zero-order valence-electron chi connectivity index (χ0n) is 10.9. The lowest BCUT2D eigenvalue weighted by molar-refractivity contribution is 0.129. The summed E-state index contributed by atoms with van der Waals surface area (Å²) in [6, 6.07) is 1.81. The number of rotatable bonds is 2. The van der Waals surface area contributed by atoms with Crippen LogP contribution in [0.4, 0.5) is 5.69 Å². The van der Waals surface area contributed by atoms with Crippen molar-refractivity contribution in [2.24, 2.45) is 5.92 Å². The van der Waals surface area contributed by atoms with E-state index in [0.29, 0.717) is 22.4 Å². The summed E-state index contributed by atoms with van der Waals surface area (Å²) in [5, 5.41) is 1.70. The minimum atomic E-state index is -3.34. The molecule has 1 aliphatic heterocycles. The zero-order valence-corrected chi connectivity index (χ0v) is 12.5. The van der Waals surface area contributed by atoms with E-state index in [1.165, 1.54) is 30.6 Å². The molecule has 3 rings (SSSR count). The maximum atomic E-state index is 12.7. The Morgan fingerprint density at radius 3 is 2.68 bits per heavy atom. The molecule has 1 aliphatic carbocycles. The molecule has 2 aliphatic rings. The van der Waals surface area contributed by atoms with Crippen molar-refractivity contribution >= 4 is 27.0 Å². The van der Waals surface area contributed by atoms with Gasteiger partial charge in [-0.2, -0.15) is 4.31 Å². The number of nitrogens with zero attached hydrogens (tertiary/aromatic N) is 1. The van der Waals surface area contributed by atoms with Gasteiger partial charge in [0.25, 0.3) is 10.0 Å². The predicted molar refractivity (Wildman–Crippen MR) is 77.6 cm³/mol. The monoisotopic (exact) mass is 300 g/mol. The summed E-state index contributed by atoms with van der Waals surface area (Å²) in [5.41, 5.74) is 6.21. The van der Waals surface area contributed by atoms with Crippen LogP contribution in [-0.4, -0.2) is 25.3 Å². The van der Waals surface area contributed by atoms with Crippen molar-refractivity contribution < 1.29 is 8.42 Å². The summed E-state index contributed by atoms with van der Waals surface area (Å²) < 4.78 is 27.6. The Kier molecular flexibility index (Phi) is 3.57. The number of nitrogens with two attached hydrogens (primary N) is 1. The van der Waals surface area contributed by atoms with Crippen molar-refractivity contribution in [3.63, 3.8) is 0 Å². The highest BCUT2D eigenvalue weighted by molar-refractivity contribution is 7.91. The van der Waals surface area contributed by atoms with E-state index < -0.39 is 10.0 Å². The Morgan fingerprint density at radius 1 is 1.21 bits per heavy atom. The van der Waals surface area contributed by atoms with Crippen LogP contribution in [0, 0.1) is 5.92 Å². The standard InChI is InChI=1S/C13H20N2O2S2/c14-11-8-13(18-9-11)19(16,17)15-7-3-5-10-4-1-2-6-12(10)15/h8-10,12H,1-7,14H2/t10-,12-/m1/s1. The van der Waals surface area contributed by atoms with Crippen LogP contribution in [0.2, 0.25) is 0 Å². The summed E-state index contributed by atoms with van der Waals surface area (Å²) in [6.45, 7) is 0.668. The van der Waals surface area contributed by atoms with Crippen LogP contribution in [0.25, 0.3) is 0 Å². The lowest BCUT2D eigenvalue weighted by atomic mass is 9.79. The van der Waals surface area contributed by atoms with E-state index in [0.717, 1.165) is 19.3 Å². The summed E-state index contributed by atoms with van der Waals surface area (Å²) in [4.78, 5) is 0. The van der Waals surface area contributed by atoms with Gasteiger partial charge in [-0.3, -0.25) is 0 Å². The molecule has 1 aromatic rings. The van der Waals surface area contributed by atoms with Gasteiger partial charge in [0.05, 0.1) is 0 Å². The van der Waals surface area contributed by atoms with Crippen LogP contribution in [0.15, 0.2) is 15.7 Å². The molecule has 2 atom stereocenters. The largest absolute Gasteiger partial charge is 0.398 e. The summed E-state index contributed by atoms with van der Waals surface area (Å²) in [5.74, 6) is 0.564. The maximum absolute atomic E-state index is 12.7. The third-order valence-corrected chi connectivity index (χ3v) is 7.71. The van der Waals surface area contributed by atoms with Crippen LogP contribution < -0.4 is 5.73 Å². The molecule has 0 amide bonds. The number of sulfonamides is 1. The number of hydrogen-bond donors (Lipinski definition) is 1. The Balaban J connectivity index is 1.91. The van der Waals surface area contributed by atoms with E-state index >= 15 is 0 Å². The predicted octanol–water partition coefficient (Wildman–Crippen LogP) is 2.67. The van der Waals surface area contributed by atoms with E-state index in [4.69, 9.17) is 5.73 Å². The summed E-state index contributed by atoms with van der Waals surface area (Å²) >= 11 is 1.23. The Morgan fingerprint density at radius 2 is 1.95 bits per heavy atom. The molecular formula is C13H20N2O2S2. The molecule has 0 unspecified atom stereocenters. The molecule has 2 fully saturated rings. The molecule has 4 nitrogen and oxygen atoms in total. The third-order valence-electron chi connectivity index (χ3n) is 4.35. The lowest BCUT2D eigenvalue weighted by Crippen LogP contribution is -2.49. The number of fused-ring (bicyclic) bond motifs is 1. The van der Waals surface area contributed by atoms with Gasteiger partial charge in [0.1, 0.15) is 4.21 Å². The number of thiophene rings is 1. The molecule has 1 saturated heterocycles. The SMILES string of the molecule is Nc1csc(S(=O)(=O)N2CCC[C@H]3CCCC[C@H]32)c1. The molecule has 1 aromatic heterocycles. The van der Waals surface area contributed by atoms with Crippen molar-refractivity contribution in [3.8, 4) is 0 Å². The van der Waals surface area contributed by atoms with Gasteiger partial charge < -0.3 is 5.73 Å². The fourth-order valence-corrected chi connectivity index (χ4v) is 6.42. The van der Waals surface area contributed by atoms with Crippen LogP contribution in [0.5, 0.6) is 0 Å². The molecule has 6 heteroatoms. The molecule has 0 aromatic carbocycles. The fourth-order valence-electron chi connectivity index (χ4n) is 3.46. The Labute approximate surface area is 118 Å². The van der Waals surface area contributed by atoms with Crippen LogP contribution >= 0.6 is 11.3 Å². The molecule has 0 radical (unpaired) electrons. The number of hydrogen-bond acceptors (Lipinski definition) is 4. The summed E-state index contributed by atoms with van der Waals surface area (Å²) in [7, 11) is -3.34. The van der Waals surface area contributed by atoms with Crippen molar-refractivity contribution in [1.82, 2.24) is 4.31 Å². The first-order valence-corrected chi connectivity index (χ1v) is 9.27. The lowest BCUT2D eigenvalue weighted by Gasteiger charge is -2.42. The van der Waals surface area contributed by atoms with E-state index in [1.54, 1.807) is 15.8 Å². The first-order valence-electron chi connectivity index (χ1n) is 6.95. The first kappa shape index (κ1) is 13.4. The maximum Gasteiger partial charge on any atom is 0.252 e. The molecule has 106 valence electrons. The second kappa shape index (κ2) is 5.07. The molecule has 19 heavy (non-hydrogen) atoms. The van der Waals surface area contributed by atoms with Gasteiger partial charge in [0, 0.05) is 23.7 Å². The van der Waals surface area contributed by atoms with Gasteiger partial charge in [-0.05, 0) is 37.7 Å². The van der Waals surface area contributed by atoms with Gasteiger partial charge >= 0.3 is 0 Å². The molecule has 0 spiro atoms. The highest BCUT2D eigenvalue weighted by Gasteiger charge is 2.40. The molecule has 1 saturated carbocycles.